The molecule has 2 aliphatic rings. The van der Waals surface area contributed by atoms with E-state index in [1.54, 1.807) is 17.5 Å². The molecule has 0 radical (unpaired) electrons. The molecule has 0 saturated carbocycles. The lowest BCUT2D eigenvalue weighted by molar-refractivity contribution is -0.137. The minimum Gasteiger partial charge on any atom is -0.353 e. The molecule has 0 N–H and O–H groups in total. The molecule has 2 aliphatic heterocycles. The zero-order valence-electron chi connectivity index (χ0n) is 17.7. The van der Waals surface area contributed by atoms with Gasteiger partial charge in [-0.3, -0.25) is 9.59 Å². The number of rotatable bonds is 3. The Morgan fingerprint density at radius 3 is 2.65 bits per heavy atom. The second-order valence-corrected chi connectivity index (χ2v) is 9.30. The number of fused-ring (bicyclic) bond motifs is 1. The Hall–Kier alpha value is -2.87. The molecule has 0 bridgehead atoms. The summed E-state index contributed by atoms with van der Waals surface area (Å²) in [7, 11) is 1.94. The predicted molar refractivity (Wildman–Crippen MR) is 122 cm³/mol. The Bertz CT molecular complexity index is 1080. The van der Waals surface area contributed by atoms with Gasteiger partial charge in [-0.25, -0.2) is 4.98 Å². The van der Waals surface area contributed by atoms with E-state index in [0.717, 1.165) is 48.5 Å². The number of carbonyl (C=O) groups is 2. The third-order valence-corrected chi connectivity index (χ3v) is 7.36. The first-order valence-corrected chi connectivity index (χ1v) is 11.8. The van der Waals surface area contributed by atoms with Gasteiger partial charge >= 0.3 is 0 Å². The normalized spacial score (nSPS) is 19.8. The number of thiophene rings is 1. The highest BCUT2D eigenvalue weighted by molar-refractivity contribution is 7.17. The summed E-state index contributed by atoms with van der Waals surface area (Å²) in [4.78, 5) is 36.9. The molecular weight excluding hydrogens is 410 g/mol. The second-order valence-electron chi connectivity index (χ2n) is 8.35. The Kier molecular flexibility index (Phi) is 5.40. The van der Waals surface area contributed by atoms with Gasteiger partial charge in [-0.1, -0.05) is 6.07 Å². The van der Waals surface area contributed by atoms with Gasteiger partial charge in [0.05, 0.1) is 16.1 Å². The Morgan fingerprint density at radius 1 is 1.06 bits per heavy atom. The maximum absolute atomic E-state index is 13.2. The lowest BCUT2D eigenvalue weighted by atomic mass is 9.96. The van der Waals surface area contributed by atoms with Gasteiger partial charge in [0.25, 0.3) is 5.91 Å². The molecule has 1 unspecified atom stereocenters. The molecular formula is C23H27N5O2S. The highest BCUT2D eigenvalue weighted by Crippen LogP contribution is 2.27. The van der Waals surface area contributed by atoms with Crippen LogP contribution < -0.4 is 4.90 Å². The van der Waals surface area contributed by atoms with Gasteiger partial charge in [0.15, 0.2) is 0 Å². The van der Waals surface area contributed by atoms with Gasteiger partial charge in [-0.15, -0.1) is 11.3 Å². The quantitative estimate of drug-likeness (QED) is 0.632. The van der Waals surface area contributed by atoms with Gasteiger partial charge in [0.2, 0.25) is 5.91 Å². The van der Waals surface area contributed by atoms with E-state index in [-0.39, 0.29) is 17.7 Å². The van der Waals surface area contributed by atoms with Crippen LogP contribution >= 0.6 is 11.3 Å². The molecule has 2 fully saturated rings. The van der Waals surface area contributed by atoms with E-state index < -0.39 is 0 Å². The monoisotopic (exact) mass is 437 g/mol. The van der Waals surface area contributed by atoms with Crippen LogP contribution in [0.25, 0.3) is 10.2 Å². The van der Waals surface area contributed by atoms with Crippen molar-refractivity contribution in [3.8, 4) is 0 Å². The van der Waals surface area contributed by atoms with E-state index in [4.69, 9.17) is 0 Å². The summed E-state index contributed by atoms with van der Waals surface area (Å²) in [6, 6.07) is 9.94. The number of pyridine rings is 1. The van der Waals surface area contributed by atoms with Gasteiger partial charge in [-0.2, -0.15) is 0 Å². The third kappa shape index (κ3) is 3.80. The summed E-state index contributed by atoms with van der Waals surface area (Å²) >= 11 is 1.65. The number of aromatic nitrogens is 2. The number of carbonyl (C=O) groups excluding carboxylic acids is 2. The average Bonchev–Trinajstić information content (AvgIpc) is 3.42. The predicted octanol–water partition coefficient (Wildman–Crippen LogP) is 2.84. The molecule has 3 aromatic rings. The number of nitrogens with zero attached hydrogens (tertiary/aromatic N) is 5. The fourth-order valence-corrected chi connectivity index (χ4v) is 5.58. The number of hydrogen-bond acceptors (Lipinski definition) is 5. The summed E-state index contributed by atoms with van der Waals surface area (Å²) in [5, 5.41) is 2.04. The van der Waals surface area contributed by atoms with Crippen LogP contribution in [0.5, 0.6) is 0 Å². The zero-order chi connectivity index (χ0) is 21.4. The van der Waals surface area contributed by atoms with Crippen molar-refractivity contribution in [2.75, 3.05) is 44.2 Å². The van der Waals surface area contributed by atoms with Crippen LogP contribution in [-0.4, -0.2) is 70.4 Å². The van der Waals surface area contributed by atoms with Gasteiger partial charge in [-0.05, 0) is 42.5 Å². The molecule has 162 valence electrons. The van der Waals surface area contributed by atoms with E-state index in [1.165, 1.54) is 0 Å². The number of amides is 2. The SMILES string of the molecule is Cn1c(C(=O)N2CCCC(C(=O)N3CCN(c4ccccn4)CC3)C2)cc2sccc21. The highest BCUT2D eigenvalue weighted by Gasteiger charge is 2.33. The van der Waals surface area contributed by atoms with E-state index in [1.807, 2.05) is 57.1 Å². The number of piperidine rings is 1. The Balaban J connectivity index is 1.22. The van der Waals surface area contributed by atoms with Gasteiger partial charge < -0.3 is 19.3 Å². The lowest BCUT2D eigenvalue weighted by Gasteiger charge is -2.39. The largest absolute Gasteiger partial charge is 0.353 e. The summed E-state index contributed by atoms with van der Waals surface area (Å²) in [6.45, 7) is 4.21. The smallest absolute Gasteiger partial charge is 0.270 e. The van der Waals surface area contributed by atoms with Crippen molar-refractivity contribution in [1.29, 1.82) is 0 Å². The molecule has 5 rings (SSSR count). The van der Waals surface area contributed by atoms with Crippen LogP contribution in [-0.2, 0) is 11.8 Å². The Labute approximate surface area is 185 Å². The lowest BCUT2D eigenvalue weighted by Crippen LogP contribution is -2.53. The highest BCUT2D eigenvalue weighted by atomic mass is 32.1. The van der Waals surface area contributed by atoms with Crippen LogP contribution in [0.3, 0.4) is 0 Å². The molecule has 0 aromatic carbocycles. The van der Waals surface area contributed by atoms with Crippen LogP contribution in [0.2, 0.25) is 0 Å². The minimum atomic E-state index is -0.111. The molecule has 5 heterocycles. The van der Waals surface area contributed by atoms with Crippen LogP contribution in [0.4, 0.5) is 5.82 Å². The molecule has 2 saturated heterocycles. The molecule has 31 heavy (non-hydrogen) atoms. The number of aryl methyl sites for hydroxylation is 1. The number of piperazine rings is 1. The first-order chi connectivity index (χ1) is 15.1. The van der Waals surface area contributed by atoms with E-state index in [0.29, 0.717) is 25.3 Å². The maximum Gasteiger partial charge on any atom is 0.270 e. The van der Waals surface area contributed by atoms with Crippen LogP contribution in [0.1, 0.15) is 23.3 Å². The van der Waals surface area contributed by atoms with Crippen LogP contribution in [0, 0.1) is 5.92 Å². The molecule has 8 heteroatoms. The van der Waals surface area contributed by atoms with Crippen molar-refractivity contribution in [3.05, 3.63) is 47.6 Å². The standard InChI is InChI=1S/C23H27N5O2S/c1-25-18-7-14-31-20(18)15-19(25)23(30)28-9-4-5-17(16-28)22(29)27-12-10-26(11-13-27)21-6-2-3-8-24-21/h2-3,6-8,14-15,17H,4-5,9-13,16H2,1H3. The molecule has 0 spiro atoms. The van der Waals surface area contributed by atoms with Gasteiger partial charge in [0, 0.05) is 52.5 Å². The second kappa shape index (κ2) is 8.34. The maximum atomic E-state index is 13.2. The summed E-state index contributed by atoms with van der Waals surface area (Å²) < 4.78 is 3.09. The van der Waals surface area contributed by atoms with E-state index >= 15 is 0 Å². The minimum absolute atomic E-state index is 0.0309. The molecule has 2 amide bonds. The topological polar surface area (TPSA) is 61.7 Å². The summed E-state index contributed by atoms with van der Waals surface area (Å²) in [6.07, 6.45) is 3.52. The Morgan fingerprint density at radius 2 is 1.90 bits per heavy atom. The average molecular weight is 438 g/mol. The third-order valence-electron chi connectivity index (χ3n) is 6.51. The first-order valence-electron chi connectivity index (χ1n) is 10.9. The first kappa shape index (κ1) is 20.1. The molecule has 3 aromatic heterocycles. The molecule has 0 aliphatic carbocycles. The van der Waals surface area contributed by atoms with Crippen molar-refractivity contribution in [2.45, 2.75) is 12.8 Å². The van der Waals surface area contributed by atoms with Crippen LogP contribution in [0.15, 0.2) is 41.9 Å². The number of anilines is 1. The van der Waals surface area contributed by atoms with Crippen molar-refractivity contribution in [2.24, 2.45) is 13.0 Å². The van der Waals surface area contributed by atoms with Crippen molar-refractivity contribution in [3.63, 3.8) is 0 Å². The zero-order valence-corrected chi connectivity index (χ0v) is 18.6. The molecule has 1 atom stereocenters. The van der Waals surface area contributed by atoms with Crippen molar-refractivity contribution < 1.29 is 9.59 Å². The number of hydrogen-bond donors (Lipinski definition) is 0. The summed E-state index contributed by atoms with van der Waals surface area (Å²) in [5.74, 6) is 1.07. The van der Waals surface area contributed by atoms with E-state index in [2.05, 4.69) is 9.88 Å². The van der Waals surface area contributed by atoms with Gasteiger partial charge in [0.1, 0.15) is 11.5 Å². The summed E-state index contributed by atoms with van der Waals surface area (Å²) in [5.41, 5.74) is 1.79. The fourth-order valence-electron chi connectivity index (χ4n) is 4.74. The molecule has 7 nitrogen and oxygen atoms in total. The fraction of sp³-hybridized carbons (Fsp3) is 0.435. The van der Waals surface area contributed by atoms with Crippen molar-refractivity contribution >= 4 is 39.2 Å². The van der Waals surface area contributed by atoms with E-state index in [9.17, 15) is 9.59 Å². The van der Waals surface area contributed by atoms with Crippen molar-refractivity contribution in [1.82, 2.24) is 19.4 Å². The number of likely N-dealkylation sites (tertiary alicyclic amines) is 1.